The van der Waals surface area contributed by atoms with Crippen LogP contribution in [0.2, 0.25) is 0 Å². The number of aliphatic hydroxyl groups is 2. The van der Waals surface area contributed by atoms with Crippen molar-refractivity contribution in [1.29, 1.82) is 0 Å². The van der Waals surface area contributed by atoms with Gasteiger partial charge in [-0.3, -0.25) is 0 Å². The fraction of sp³-hybridized carbons (Fsp3) is 0.222. The molecule has 4 heteroatoms. The average Bonchev–Trinajstić information content (AvgIpc) is 2.98. The maximum Gasteiger partial charge on any atom is 0.119 e. The van der Waals surface area contributed by atoms with Gasteiger partial charge in [0.2, 0.25) is 0 Å². The number of aromatic nitrogens is 1. The summed E-state index contributed by atoms with van der Waals surface area (Å²) in [6, 6.07) is 17.2. The smallest absolute Gasteiger partial charge is 0.119 e. The van der Waals surface area contributed by atoms with Crippen LogP contribution in [0.5, 0.6) is 5.75 Å². The zero-order valence-electron chi connectivity index (χ0n) is 12.4. The molecule has 1 aromatic heterocycles. The molecule has 2 aromatic carbocycles. The molecule has 0 bridgehead atoms. The first-order chi connectivity index (χ1) is 10.7. The van der Waals surface area contributed by atoms with Crippen LogP contribution in [-0.4, -0.2) is 34.6 Å². The molecule has 1 heterocycles. The number of fused-ring (bicyclic) bond motifs is 1. The van der Waals surface area contributed by atoms with E-state index in [1.165, 1.54) is 0 Å². The van der Waals surface area contributed by atoms with E-state index in [0.29, 0.717) is 0 Å². The number of aliphatic hydroxyl groups excluding tert-OH is 2. The number of hydrogen-bond acceptors (Lipinski definition) is 3. The third kappa shape index (κ3) is 2.58. The van der Waals surface area contributed by atoms with Crippen molar-refractivity contribution in [2.45, 2.75) is 12.1 Å². The Labute approximate surface area is 129 Å². The van der Waals surface area contributed by atoms with Gasteiger partial charge in [-0.1, -0.05) is 30.3 Å². The van der Waals surface area contributed by atoms with Crippen LogP contribution in [0.4, 0.5) is 0 Å². The van der Waals surface area contributed by atoms with Crippen LogP contribution >= 0.6 is 0 Å². The SMILES string of the molecule is COc1ccc2c(ccn2[C@@H](c2ccccc2)[C@H](O)CO)c1. The summed E-state index contributed by atoms with van der Waals surface area (Å²) in [5.41, 5.74) is 1.94. The predicted molar refractivity (Wildman–Crippen MR) is 86.2 cm³/mol. The van der Waals surface area contributed by atoms with Crippen LogP contribution in [0.15, 0.2) is 60.8 Å². The van der Waals surface area contributed by atoms with Crippen molar-refractivity contribution in [3.05, 3.63) is 66.4 Å². The third-order valence-electron chi connectivity index (χ3n) is 3.92. The van der Waals surface area contributed by atoms with Crippen LogP contribution in [0.3, 0.4) is 0 Å². The molecule has 0 radical (unpaired) electrons. The fourth-order valence-electron chi connectivity index (χ4n) is 2.83. The second-order valence-corrected chi connectivity index (χ2v) is 5.25. The highest BCUT2D eigenvalue weighted by Crippen LogP contribution is 2.29. The lowest BCUT2D eigenvalue weighted by Crippen LogP contribution is -2.27. The third-order valence-corrected chi connectivity index (χ3v) is 3.92. The van der Waals surface area contributed by atoms with E-state index < -0.39 is 6.10 Å². The van der Waals surface area contributed by atoms with Crippen molar-refractivity contribution in [2.24, 2.45) is 0 Å². The van der Waals surface area contributed by atoms with Gasteiger partial charge >= 0.3 is 0 Å². The molecule has 3 rings (SSSR count). The summed E-state index contributed by atoms with van der Waals surface area (Å²) in [6.07, 6.45) is 1.06. The number of hydrogen-bond donors (Lipinski definition) is 2. The highest BCUT2D eigenvalue weighted by molar-refractivity contribution is 5.82. The first-order valence-corrected chi connectivity index (χ1v) is 7.23. The van der Waals surface area contributed by atoms with E-state index in [0.717, 1.165) is 22.2 Å². The molecular formula is C18H19NO3. The van der Waals surface area contributed by atoms with Crippen molar-refractivity contribution in [3.8, 4) is 5.75 Å². The standard InChI is InChI=1S/C18H19NO3/c1-22-15-7-8-16-14(11-15)9-10-19(16)18(17(21)12-20)13-5-3-2-4-6-13/h2-11,17-18,20-21H,12H2,1H3/t17-,18+/m1/s1. The average molecular weight is 297 g/mol. The lowest BCUT2D eigenvalue weighted by molar-refractivity contribution is 0.0654. The summed E-state index contributed by atoms with van der Waals surface area (Å²) in [7, 11) is 1.64. The molecule has 114 valence electrons. The van der Waals surface area contributed by atoms with Gasteiger partial charge in [0.05, 0.1) is 19.8 Å². The highest BCUT2D eigenvalue weighted by Gasteiger charge is 2.23. The Hall–Kier alpha value is -2.30. The molecule has 0 saturated heterocycles. The molecule has 0 unspecified atom stereocenters. The van der Waals surface area contributed by atoms with Crippen molar-refractivity contribution >= 4 is 10.9 Å². The molecule has 0 saturated carbocycles. The number of rotatable bonds is 5. The second-order valence-electron chi connectivity index (χ2n) is 5.25. The quantitative estimate of drug-likeness (QED) is 0.761. The van der Waals surface area contributed by atoms with E-state index in [-0.39, 0.29) is 12.6 Å². The minimum Gasteiger partial charge on any atom is -0.497 e. The Morgan fingerprint density at radius 3 is 2.55 bits per heavy atom. The number of ether oxygens (including phenoxy) is 1. The molecule has 0 amide bonds. The Morgan fingerprint density at radius 1 is 1.09 bits per heavy atom. The molecule has 3 aromatic rings. The molecule has 0 aliphatic carbocycles. The highest BCUT2D eigenvalue weighted by atomic mass is 16.5. The summed E-state index contributed by atoms with van der Waals surface area (Å²) in [4.78, 5) is 0. The number of methoxy groups -OCH3 is 1. The van der Waals surface area contributed by atoms with Crippen LogP contribution in [-0.2, 0) is 0 Å². The van der Waals surface area contributed by atoms with Crippen LogP contribution < -0.4 is 4.74 Å². The van der Waals surface area contributed by atoms with Gasteiger partial charge < -0.3 is 19.5 Å². The van der Waals surface area contributed by atoms with Crippen LogP contribution in [0, 0.1) is 0 Å². The van der Waals surface area contributed by atoms with E-state index in [1.54, 1.807) is 7.11 Å². The number of benzene rings is 2. The van der Waals surface area contributed by atoms with Crippen molar-refractivity contribution < 1.29 is 14.9 Å². The number of nitrogens with zero attached hydrogens (tertiary/aromatic N) is 1. The summed E-state index contributed by atoms with van der Waals surface area (Å²) in [5, 5.41) is 20.8. The molecule has 4 nitrogen and oxygen atoms in total. The van der Waals surface area contributed by atoms with E-state index >= 15 is 0 Å². The predicted octanol–water partition coefficient (Wildman–Crippen LogP) is 2.59. The van der Waals surface area contributed by atoms with Crippen molar-refractivity contribution in [2.75, 3.05) is 13.7 Å². The van der Waals surface area contributed by atoms with Gasteiger partial charge in [0.1, 0.15) is 11.9 Å². The lowest BCUT2D eigenvalue weighted by Gasteiger charge is -2.25. The van der Waals surface area contributed by atoms with Crippen molar-refractivity contribution in [3.63, 3.8) is 0 Å². The molecule has 0 spiro atoms. The maximum atomic E-state index is 10.3. The Balaban J connectivity index is 2.12. The summed E-state index contributed by atoms with van der Waals surface area (Å²) < 4.78 is 7.24. The monoisotopic (exact) mass is 297 g/mol. The Bertz CT molecular complexity index is 751. The van der Waals surface area contributed by atoms with Gasteiger partial charge in [-0.15, -0.1) is 0 Å². The molecule has 0 fully saturated rings. The second kappa shape index (κ2) is 6.22. The molecule has 2 N–H and O–H groups in total. The summed E-state index contributed by atoms with van der Waals surface area (Å²) in [6.45, 7) is -0.296. The summed E-state index contributed by atoms with van der Waals surface area (Å²) in [5.74, 6) is 0.796. The molecule has 2 atom stereocenters. The fourth-order valence-corrected chi connectivity index (χ4v) is 2.83. The first-order valence-electron chi connectivity index (χ1n) is 7.23. The van der Waals surface area contributed by atoms with E-state index in [9.17, 15) is 10.2 Å². The van der Waals surface area contributed by atoms with Crippen LogP contribution in [0.25, 0.3) is 10.9 Å². The zero-order valence-corrected chi connectivity index (χ0v) is 12.4. The molecular weight excluding hydrogens is 278 g/mol. The van der Waals surface area contributed by atoms with E-state index in [2.05, 4.69) is 0 Å². The Morgan fingerprint density at radius 2 is 1.86 bits per heavy atom. The van der Waals surface area contributed by atoms with Crippen molar-refractivity contribution in [1.82, 2.24) is 4.57 Å². The van der Waals surface area contributed by atoms with Gasteiger partial charge in [-0.25, -0.2) is 0 Å². The van der Waals surface area contributed by atoms with Gasteiger partial charge in [-0.2, -0.15) is 0 Å². The topological polar surface area (TPSA) is 54.6 Å². The van der Waals surface area contributed by atoms with Gasteiger partial charge in [-0.05, 0) is 29.8 Å². The van der Waals surface area contributed by atoms with E-state index in [1.807, 2.05) is 65.4 Å². The van der Waals surface area contributed by atoms with E-state index in [4.69, 9.17) is 4.74 Å². The molecule has 0 aliphatic rings. The molecule has 0 aliphatic heterocycles. The Kier molecular flexibility index (Phi) is 4.13. The van der Waals surface area contributed by atoms with Gasteiger partial charge in [0, 0.05) is 17.1 Å². The van der Waals surface area contributed by atoms with Crippen LogP contribution in [0.1, 0.15) is 11.6 Å². The summed E-state index contributed by atoms with van der Waals surface area (Å²) >= 11 is 0. The minimum atomic E-state index is -0.875. The zero-order chi connectivity index (χ0) is 15.5. The largest absolute Gasteiger partial charge is 0.497 e. The minimum absolute atomic E-state index is 0.296. The maximum absolute atomic E-state index is 10.3. The lowest BCUT2D eigenvalue weighted by atomic mass is 10.0. The normalized spacial score (nSPS) is 14.0. The van der Waals surface area contributed by atoms with Gasteiger partial charge in [0.25, 0.3) is 0 Å². The first kappa shape index (κ1) is 14.6. The van der Waals surface area contributed by atoms with Gasteiger partial charge in [0.15, 0.2) is 0 Å². The molecule has 22 heavy (non-hydrogen) atoms.